The first kappa shape index (κ1) is 14.0. The van der Waals surface area contributed by atoms with E-state index in [0.29, 0.717) is 0 Å². The number of rotatable bonds is 2. The molecule has 8 heteroatoms. The van der Waals surface area contributed by atoms with Crippen molar-refractivity contribution in [1.29, 1.82) is 0 Å². The second-order valence-corrected chi connectivity index (χ2v) is 3.83. The van der Waals surface area contributed by atoms with E-state index in [2.05, 4.69) is 4.98 Å². The number of aromatic amines is 1. The highest BCUT2D eigenvalue weighted by atomic mass is 19.4. The molecule has 0 fully saturated rings. The number of benzene rings is 1. The number of nitrogens with zero attached hydrogens (tertiary/aromatic N) is 1. The van der Waals surface area contributed by atoms with Crippen LogP contribution in [0.25, 0.3) is 11.3 Å². The number of hydrogen-bond acceptors (Lipinski definition) is 3. The number of aromatic nitrogens is 2. The predicted molar refractivity (Wildman–Crippen MR) is 61.8 cm³/mol. The third-order valence-corrected chi connectivity index (χ3v) is 2.46. The number of methoxy groups -OCH3 is 1. The maximum atomic E-state index is 13.5. The molecule has 0 aliphatic carbocycles. The van der Waals surface area contributed by atoms with Gasteiger partial charge in [-0.3, -0.25) is 4.79 Å². The summed E-state index contributed by atoms with van der Waals surface area (Å²) in [7, 11) is 1.26. The van der Waals surface area contributed by atoms with Gasteiger partial charge in [0.1, 0.15) is 0 Å². The van der Waals surface area contributed by atoms with Gasteiger partial charge >= 0.3 is 6.18 Å². The second-order valence-electron chi connectivity index (χ2n) is 3.83. The third-order valence-electron chi connectivity index (χ3n) is 2.46. The van der Waals surface area contributed by atoms with Crippen molar-refractivity contribution in [3.05, 3.63) is 46.3 Å². The minimum absolute atomic E-state index is 0.0416. The molecule has 2 rings (SSSR count). The largest absolute Gasteiger partial charge is 0.494 e. The van der Waals surface area contributed by atoms with Gasteiger partial charge in [-0.1, -0.05) is 0 Å². The van der Waals surface area contributed by atoms with E-state index in [4.69, 9.17) is 4.74 Å². The fourth-order valence-corrected chi connectivity index (χ4v) is 1.57. The minimum Gasteiger partial charge on any atom is -0.494 e. The average Bonchev–Trinajstić information content (AvgIpc) is 2.37. The number of nitrogens with one attached hydrogen (secondary N) is 1. The van der Waals surface area contributed by atoms with E-state index in [9.17, 15) is 22.4 Å². The van der Waals surface area contributed by atoms with Gasteiger partial charge in [0.15, 0.2) is 11.6 Å². The quantitative estimate of drug-likeness (QED) is 0.864. The van der Waals surface area contributed by atoms with E-state index < -0.39 is 23.4 Å². The summed E-state index contributed by atoms with van der Waals surface area (Å²) in [6, 6.07) is 4.35. The Bertz CT molecular complexity index is 695. The van der Waals surface area contributed by atoms with Crippen LogP contribution in [0, 0.1) is 5.82 Å². The number of alkyl halides is 3. The Morgan fingerprint density at radius 1 is 1.25 bits per heavy atom. The standard InChI is InChI=1S/C12H8F4N2O2/c1-20-9-3-2-6(4-7(9)13)8-5-10(19)18-11(17-8)12(14,15)16/h2-5H,1H3,(H,17,18,19). The van der Waals surface area contributed by atoms with Gasteiger partial charge in [-0.05, 0) is 18.2 Å². The third kappa shape index (κ3) is 2.79. The summed E-state index contributed by atoms with van der Waals surface area (Å²) in [4.78, 5) is 16.1. The summed E-state index contributed by atoms with van der Waals surface area (Å²) < 4.78 is 55.8. The summed E-state index contributed by atoms with van der Waals surface area (Å²) in [5, 5.41) is 0. The molecule has 106 valence electrons. The molecule has 0 amide bonds. The average molecular weight is 288 g/mol. The van der Waals surface area contributed by atoms with Crippen LogP contribution in [0.2, 0.25) is 0 Å². The maximum absolute atomic E-state index is 13.5. The number of ether oxygens (including phenoxy) is 1. The monoisotopic (exact) mass is 288 g/mol. The normalized spacial score (nSPS) is 11.4. The molecule has 0 radical (unpaired) electrons. The maximum Gasteiger partial charge on any atom is 0.449 e. The van der Waals surface area contributed by atoms with E-state index in [1.807, 2.05) is 0 Å². The van der Waals surface area contributed by atoms with Crippen molar-refractivity contribution in [3.63, 3.8) is 0 Å². The Balaban J connectivity index is 2.56. The van der Waals surface area contributed by atoms with Crippen LogP contribution < -0.4 is 10.3 Å². The predicted octanol–water partition coefficient (Wildman–Crippen LogP) is 2.60. The molecule has 0 saturated carbocycles. The molecule has 0 bridgehead atoms. The van der Waals surface area contributed by atoms with Crippen molar-refractivity contribution in [2.45, 2.75) is 6.18 Å². The van der Waals surface area contributed by atoms with E-state index in [0.717, 1.165) is 12.1 Å². The molecule has 1 aromatic carbocycles. The van der Waals surface area contributed by atoms with Crippen LogP contribution in [0.5, 0.6) is 5.75 Å². The molecule has 0 atom stereocenters. The Morgan fingerprint density at radius 3 is 2.50 bits per heavy atom. The SMILES string of the molecule is COc1ccc(-c2cc(=O)[nH]c(C(F)(F)F)n2)cc1F. The fraction of sp³-hybridized carbons (Fsp3) is 0.167. The zero-order chi connectivity index (χ0) is 14.9. The molecule has 0 saturated heterocycles. The zero-order valence-electron chi connectivity index (χ0n) is 10.1. The van der Waals surface area contributed by atoms with Crippen LogP contribution in [0.3, 0.4) is 0 Å². The zero-order valence-corrected chi connectivity index (χ0v) is 10.1. The van der Waals surface area contributed by atoms with Crippen molar-refractivity contribution < 1.29 is 22.3 Å². The van der Waals surface area contributed by atoms with Crippen LogP contribution >= 0.6 is 0 Å². The summed E-state index contributed by atoms with van der Waals surface area (Å²) >= 11 is 0. The first-order valence-corrected chi connectivity index (χ1v) is 5.34. The Kier molecular flexibility index (Phi) is 3.47. The van der Waals surface area contributed by atoms with Gasteiger partial charge in [-0.15, -0.1) is 0 Å². The van der Waals surface area contributed by atoms with Gasteiger partial charge in [0.05, 0.1) is 12.8 Å². The van der Waals surface area contributed by atoms with Gasteiger partial charge in [0, 0.05) is 11.6 Å². The van der Waals surface area contributed by atoms with Crippen molar-refractivity contribution in [1.82, 2.24) is 9.97 Å². The summed E-state index contributed by atoms with van der Waals surface area (Å²) in [6.45, 7) is 0. The lowest BCUT2D eigenvalue weighted by atomic mass is 10.1. The van der Waals surface area contributed by atoms with Crippen LogP contribution in [0.15, 0.2) is 29.1 Å². The van der Waals surface area contributed by atoms with Crippen molar-refractivity contribution in [3.8, 4) is 17.0 Å². The van der Waals surface area contributed by atoms with E-state index in [1.165, 1.54) is 19.2 Å². The molecule has 20 heavy (non-hydrogen) atoms. The number of halogens is 4. The van der Waals surface area contributed by atoms with Crippen molar-refractivity contribution in [2.75, 3.05) is 7.11 Å². The van der Waals surface area contributed by atoms with Gasteiger partial charge in [-0.2, -0.15) is 13.2 Å². The molecule has 1 N–H and O–H groups in total. The smallest absolute Gasteiger partial charge is 0.449 e. The molecule has 1 heterocycles. The van der Waals surface area contributed by atoms with Gasteiger partial charge in [0.2, 0.25) is 5.82 Å². The molecular weight excluding hydrogens is 280 g/mol. The minimum atomic E-state index is -4.79. The Labute approximate surface area is 110 Å². The molecule has 0 spiro atoms. The lowest BCUT2D eigenvalue weighted by molar-refractivity contribution is -0.145. The van der Waals surface area contributed by atoms with Gasteiger partial charge < -0.3 is 9.72 Å². The Hall–Kier alpha value is -2.38. The summed E-state index contributed by atoms with van der Waals surface area (Å²) in [5.41, 5.74) is -1.21. The highest BCUT2D eigenvalue weighted by Gasteiger charge is 2.34. The molecule has 4 nitrogen and oxygen atoms in total. The highest BCUT2D eigenvalue weighted by molar-refractivity contribution is 5.60. The second kappa shape index (κ2) is 4.95. The van der Waals surface area contributed by atoms with Crippen LogP contribution in [0.1, 0.15) is 5.82 Å². The van der Waals surface area contributed by atoms with E-state index in [-0.39, 0.29) is 17.0 Å². The molecule has 0 aliphatic rings. The van der Waals surface area contributed by atoms with E-state index in [1.54, 1.807) is 4.98 Å². The lowest BCUT2D eigenvalue weighted by Gasteiger charge is -2.08. The lowest BCUT2D eigenvalue weighted by Crippen LogP contribution is -2.18. The Morgan fingerprint density at radius 2 is 1.95 bits per heavy atom. The van der Waals surface area contributed by atoms with Crippen LogP contribution in [-0.4, -0.2) is 17.1 Å². The molecule has 0 aliphatic heterocycles. The van der Waals surface area contributed by atoms with Crippen molar-refractivity contribution in [2.24, 2.45) is 0 Å². The molecule has 1 aromatic heterocycles. The summed E-state index contributed by atoms with van der Waals surface area (Å²) in [6.07, 6.45) is -4.79. The topological polar surface area (TPSA) is 55.0 Å². The number of hydrogen-bond donors (Lipinski definition) is 1. The summed E-state index contributed by atoms with van der Waals surface area (Å²) in [5.74, 6) is -2.26. The molecular formula is C12H8F4N2O2. The molecule has 2 aromatic rings. The van der Waals surface area contributed by atoms with E-state index >= 15 is 0 Å². The number of H-pyrrole nitrogens is 1. The van der Waals surface area contributed by atoms with Gasteiger partial charge in [-0.25, -0.2) is 9.37 Å². The highest BCUT2D eigenvalue weighted by Crippen LogP contribution is 2.28. The molecule has 0 unspecified atom stereocenters. The van der Waals surface area contributed by atoms with Crippen molar-refractivity contribution >= 4 is 0 Å². The first-order chi connectivity index (χ1) is 9.31. The van der Waals surface area contributed by atoms with Crippen LogP contribution in [-0.2, 0) is 6.18 Å². The van der Waals surface area contributed by atoms with Gasteiger partial charge in [0.25, 0.3) is 5.56 Å². The first-order valence-electron chi connectivity index (χ1n) is 5.34. The van der Waals surface area contributed by atoms with Crippen LogP contribution in [0.4, 0.5) is 17.6 Å². The fourth-order valence-electron chi connectivity index (χ4n) is 1.57.